The molecule has 0 aliphatic rings. The second-order valence-corrected chi connectivity index (χ2v) is 4.07. The smallest absolute Gasteiger partial charge is 0.330 e. The summed E-state index contributed by atoms with van der Waals surface area (Å²) in [5.41, 5.74) is 6.26. The summed E-state index contributed by atoms with van der Waals surface area (Å²) in [5, 5.41) is 0. The van der Waals surface area contributed by atoms with Crippen LogP contribution in [0.25, 0.3) is 0 Å². The van der Waals surface area contributed by atoms with Crippen LogP contribution in [0.3, 0.4) is 0 Å². The van der Waals surface area contributed by atoms with E-state index in [1.165, 1.54) is 0 Å². The fourth-order valence-corrected chi connectivity index (χ4v) is 2.02. The van der Waals surface area contributed by atoms with Crippen LogP contribution >= 0.6 is 11.8 Å². The van der Waals surface area contributed by atoms with E-state index < -0.39 is 11.9 Å². The van der Waals surface area contributed by atoms with E-state index in [0.717, 1.165) is 17.3 Å². The van der Waals surface area contributed by atoms with Gasteiger partial charge >= 0.3 is 6.18 Å². The molecule has 0 heterocycles. The third kappa shape index (κ3) is 4.57. The first-order valence-electron chi connectivity index (χ1n) is 4.50. The van der Waals surface area contributed by atoms with Crippen LogP contribution in [-0.2, 0) is 6.42 Å². The van der Waals surface area contributed by atoms with Crippen LogP contribution < -0.4 is 5.73 Å². The molecular formula is C10H12F3NS. The Labute approximate surface area is 90.9 Å². The molecule has 1 aromatic rings. The summed E-state index contributed by atoms with van der Waals surface area (Å²) in [6, 6.07) is 7.05. The molecule has 0 saturated heterocycles. The molecule has 0 amide bonds. The van der Waals surface area contributed by atoms with Crippen molar-refractivity contribution in [1.29, 1.82) is 0 Å². The van der Waals surface area contributed by atoms with Crippen LogP contribution in [0.15, 0.2) is 29.2 Å². The standard InChI is InChI=1S/C10H12F3NS/c11-10(12,13)7-15-9-4-2-1-3-8(9)5-6-14/h1-4H,5-7,14H2. The Kier molecular flexibility index (Phi) is 4.47. The van der Waals surface area contributed by atoms with Gasteiger partial charge in [-0.3, -0.25) is 0 Å². The van der Waals surface area contributed by atoms with Crippen molar-refractivity contribution in [2.75, 3.05) is 12.3 Å². The lowest BCUT2D eigenvalue weighted by Crippen LogP contribution is -2.11. The number of rotatable bonds is 4. The fourth-order valence-electron chi connectivity index (χ4n) is 1.17. The van der Waals surface area contributed by atoms with E-state index in [4.69, 9.17) is 5.73 Å². The fraction of sp³-hybridized carbons (Fsp3) is 0.400. The largest absolute Gasteiger partial charge is 0.398 e. The van der Waals surface area contributed by atoms with Gasteiger partial charge in [0.2, 0.25) is 0 Å². The molecule has 15 heavy (non-hydrogen) atoms. The van der Waals surface area contributed by atoms with Gasteiger partial charge in [-0.25, -0.2) is 0 Å². The van der Waals surface area contributed by atoms with Gasteiger partial charge in [0.15, 0.2) is 0 Å². The van der Waals surface area contributed by atoms with Gasteiger partial charge in [-0.2, -0.15) is 13.2 Å². The van der Waals surface area contributed by atoms with Gasteiger partial charge in [0, 0.05) is 4.90 Å². The predicted molar refractivity (Wildman–Crippen MR) is 56.0 cm³/mol. The SMILES string of the molecule is NCCc1ccccc1SCC(F)(F)F. The zero-order valence-electron chi connectivity index (χ0n) is 8.05. The Morgan fingerprint density at radius 2 is 1.87 bits per heavy atom. The average Bonchev–Trinajstić information content (AvgIpc) is 2.16. The van der Waals surface area contributed by atoms with E-state index in [-0.39, 0.29) is 0 Å². The van der Waals surface area contributed by atoms with Gasteiger partial charge in [0.25, 0.3) is 0 Å². The third-order valence-electron chi connectivity index (χ3n) is 1.78. The summed E-state index contributed by atoms with van der Waals surface area (Å²) < 4.78 is 36.0. The Balaban J connectivity index is 2.67. The molecular weight excluding hydrogens is 223 g/mol. The monoisotopic (exact) mass is 235 g/mol. The van der Waals surface area contributed by atoms with Gasteiger partial charge in [0.05, 0.1) is 5.75 Å². The summed E-state index contributed by atoms with van der Waals surface area (Å²) in [6.45, 7) is 0.448. The maximum Gasteiger partial charge on any atom is 0.398 e. The molecule has 0 fully saturated rings. The average molecular weight is 235 g/mol. The highest BCUT2D eigenvalue weighted by Gasteiger charge is 2.27. The number of hydrogen-bond donors (Lipinski definition) is 1. The van der Waals surface area contributed by atoms with Crippen molar-refractivity contribution < 1.29 is 13.2 Å². The molecule has 1 rings (SSSR count). The topological polar surface area (TPSA) is 26.0 Å². The maximum atomic E-state index is 12.0. The molecule has 5 heteroatoms. The predicted octanol–water partition coefficient (Wildman–Crippen LogP) is 2.84. The van der Waals surface area contributed by atoms with Crippen molar-refractivity contribution in [2.45, 2.75) is 17.5 Å². The molecule has 0 unspecified atom stereocenters. The first-order valence-corrected chi connectivity index (χ1v) is 5.49. The van der Waals surface area contributed by atoms with Crippen LogP contribution in [0.5, 0.6) is 0 Å². The molecule has 2 N–H and O–H groups in total. The Bertz CT molecular complexity index is 312. The first-order chi connectivity index (χ1) is 7.03. The van der Waals surface area contributed by atoms with Crippen molar-refractivity contribution >= 4 is 11.8 Å². The van der Waals surface area contributed by atoms with Crippen molar-refractivity contribution in [3.63, 3.8) is 0 Å². The molecule has 0 aliphatic carbocycles. The van der Waals surface area contributed by atoms with Gasteiger partial charge in [-0.15, -0.1) is 11.8 Å². The lowest BCUT2D eigenvalue weighted by atomic mass is 10.1. The minimum Gasteiger partial charge on any atom is -0.330 e. The molecule has 0 aliphatic heterocycles. The maximum absolute atomic E-state index is 12.0. The number of benzene rings is 1. The van der Waals surface area contributed by atoms with E-state index >= 15 is 0 Å². The third-order valence-corrected chi connectivity index (χ3v) is 2.96. The summed E-state index contributed by atoms with van der Waals surface area (Å²) in [4.78, 5) is 0.667. The number of thioether (sulfide) groups is 1. The molecule has 0 bridgehead atoms. The van der Waals surface area contributed by atoms with Crippen molar-refractivity contribution in [3.05, 3.63) is 29.8 Å². The molecule has 1 nitrogen and oxygen atoms in total. The molecule has 84 valence electrons. The Morgan fingerprint density at radius 3 is 2.47 bits per heavy atom. The van der Waals surface area contributed by atoms with Gasteiger partial charge in [-0.05, 0) is 24.6 Å². The van der Waals surface area contributed by atoms with Crippen LogP contribution in [0.2, 0.25) is 0 Å². The van der Waals surface area contributed by atoms with Crippen molar-refractivity contribution in [2.24, 2.45) is 5.73 Å². The summed E-state index contributed by atoms with van der Waals surface area (Å²) in [7, 11) is 0. The summed E-state index contributed by atoms with van der Waals surface area (Å²) in [5.74, 6) is -0.853. The number of hydrogen-bond acceptors (Lipinski definition) is 2. The first kappa shape index (κ1) is 12.4. The van der Waals surface area contributed by atoms with Crippen molar-refractivity contribution in [3.8, 4) is 0 Å². The molecule has 0 spiro atoms. The molecule has 0 aromatic heterocycles. The second-order valence-electron chi connectivity index (χ2n) is 3.05. The number of halogens is 3. The molecule has 1 aromatic carbocycles. The highest BCUT2D eigenvalue weighted by molar-refractivity contribution is 7.99. The van der Waals surface area contributed by atoms with E-state index in [2.05, 4.69) is 0 Å². The second kappa shape index (κ2) is 5.42. The van der Waals surface area contributed by atoms with E-state index in [1.54, 1.807) is 12.1 Å². The quantitative estimate of drug-likeness (QED) is 0.812. The Morgan fingerprint density at radius 1 is 1.20 bits per heavy atom. The normalized spacial score (nSPS) is 11.7. The lowest BCUT2D eigenvalue weighted by Gasteiger charge is -2.09. The highest BCUT2D eigenvalue weighted by atomic mass is 32.2. The highest BCUT2D eigenvalue weighted by Crippen LogP contribution is 2.29. The number of nitrogens with two attached hydrogens (primary N) is 1. The number of alkyl halides is 3. The lowest BCUT2D eigenvalue weighted by molar-refractivity contribution is -0.105. The van der Waals surface area contributed by atoms with Gasteiger partial charge < -0.3 is 5.73 Å². The minimum atomic E-state index is -4.12. The van der Waals surface area contributed by atoms with E-state index in [0.29, 0.717) is 17.9 Å². The van der Waals surface area contributed by atoms with E-state index in [1.807, 2.05) is 12.1 Å². The van der Waals surface area contributed by atoms with E-state index in [9.17, 15) is 13.2 Å². The van der Waals surface area contributed by atoms with Crippen LogP contribution in [-0.4, -0.2) is 18.5 Å². The van der Waals surface area contributed by atoms with Crippen LogP contribution in [0, 0.1) is 0 Å². The minimum absolute atomic E-state index is 0.448. The summed E-state index contributed by atoms with van der Waals surface area (Å²) in [6.07, 6.45) is -3.51. The Hall–Kier alpha value is -0.680. The van der Waals surface area contributed by atoms with Crippen LogP contribution in [0.4, 0.5) is 13.2 Å². The van der Waals surface area contributed by atoms with Gasteiger partial charge in [-0.1, -0.05) is 18.2 Å². The summed E-state index contributed by atoms with van der Waals surface area (Å²) >= 11 is 0.813. The van der Waals surface area contributed by atoms with Crippen molar-refractivity contribution in [1.82, 2.24) is 0 Å². The zero-order valence-corrected chi connectivity index (χ0v) is 8.87. The molecule has 0 atom stereocenters. The molecule has 0 saturated carbocycles. The zero-order chi connectivity index (χ0) is 11.3. The van der Waals surface area contributed by atoms with Gasteiger partial charge in [0.1, 0.15) is 0 Å². The molecule has 0 radical (unpaired) electrons. The van der Waals surface area contributed by atoms with Crippen LogP contribution in [0.1, 0.15) is 5.56 Å².